The maximum atomic E-state index is 4.83. The van der Waals surface area contributed by atoms with E-state index in [9.17, 15) is 0 Å². The average Bonchev–Trinajstić information content (AvgIpc) is 3.38. The minimum absolute atomic E-state index is 0.616. The van der Waals surface area contributed by atoms with Gasteiger partial charge in [-0.15, -0.1) is 11.3 Å². The number of aryl methyl sites for hydroxylation is 1. The zero-order valence-electron chi connectivity index (χ0n) is 16.6. The topological polar surface area (TPSA) is 56.8 Å². The van der Waals surface area contributed by atoms with E-state index in [0.717, 1.165) is 33.8 Å². The minimum atomic E-state index is 0.616. The Morgan fingerprint density at radius 3 is 2.66 bits per heavy atom. The zero-order chi connectivity index (χ0) is 19.6. The number of anilines is 2. The standard InChI is InChI=1S/C23H25N5S/c1-16-13-20(29-15-16)21-19-9-10-24-22(19)27-23(26-21)25-18-7-5-17(6-8-18)14-28-11-3-2-4-12-28/h5-10,13,15H,2-4,11-12,14H2,1H3,(H2,24,25,26,27). The van der Waals surface area contributed by atoms with Crippen molar-refractivity contribution < 1.29 is 0 Å². The van der Waals surface area contributed by atoms with Crippen LogP contribution < -0.4 is 5.32 Å². The number of fused-ring (bicyclic) bond motifs is 1. The van der Waals surface area contributed by atoms with Crippen LogP contribution in [0, 0.1) is 6.92 Å². The Hall–Kier alpha value is -2.70. The molecule has 4 heterocycles. The molecule has 148 valence electrons. The SMILES string of the molecule is Cc1csc(-c2nc(Nc3ccc(CN4CCCCC4)cc3)nc3[nH]ccc23)c1. The summed E-state index contributed by atoms with van der Waals surface area (Å²) in [4.78, 5) is 16.4. The number of benzene rings is 1. The highest BCUT2D eigenvalue weighted by molar-refractivity contribution is 7.13. The average molecular weight is 404 g/mol. The number of aromatic nitrogens is 3. The van der Waals surface area contributed by atoms with Crippen LogP contribution in [0.2, 0.25) is 0 Å². The summed E-state index contributed by atoms with van der Waals surface area (Å²) in [7, 11) is 0. The number of aromatic amines is 1. The van der Waals surface area contributed by atoms with Gasteiger partial charge >= 0.3 is 0 Å². The molecule has 0 amide bonds. The summed E-state index contributed by atoms with van der Waals surface area (Å²) in [5.41, 5.74) is 5.44. The second-order valence-electron chi connectivity index (χ2n) is 7.78. The third kappa shape index (κ3) is 4.04. The lowest BCUT2D eigenvalue weighted by Crippen LogP contribution is -2.29. The van der Waals surface area contributed by atoms with Crippen molar-refractivity contribution in [2.24, 2.45) is 0 Å². The Morgan fingerprint density at radius 1 is 1.07 bits per heavy atom. The van der Waals surface area contributed by atoms with E-state index in [0.29, 0.717) is 5.95 Å². The predicted molar refractivity (Wildman–Crippen MR) is 121 cm³/mol. The van der Waals surface area contributed by atoms with Gasteiger partial charge in [0.05, 0.1) is 10.6 Å². The lowest BCUT2D eigenvalue weighted by molar-refractivity contribution is 0.221. The number of rotatable bonds is 5. The molecule has 0 atom stereocenters. The van der Waals surface area contributed by atoms with Crippen LogP contribution >= 0.6 is 11.3 Å². The molecule has 1 aliphatic rings. The van der Waals surface area contributed by atoms with Gasteiger partial charge in [-0.2, -0.15) is 4.98 Å². The first-order chi connectivity index (χ1) is 14.2. The quantitative estimate of drug-likeness (QED) is 0.447. The van der Waals surface area contributed by atoms with Crippen molar-refractivity contribution in [3.8, 4) is 10.6 Å². The first-order valence-corrected chi connectivity index (χ1v) is 11.1. The molecular weight excluding hydrogens is 378 g/mol. The normalized spacial score (nSPS) is 15.1. The Kier molecular flexibility index (Phi) is 5.04. The van der Waals surface area contributed by atoms with Gasteiger partial charge in [-0.25, -0.2) is 4.98 Å². The number of thiophene rings is 1. The molecule has 3 aromatic heterocycles. The van der Waals surface area contributed by atoms with Gasteiger partial charge in [0.1, 0.15) is 5.65 Å². The molecule has 4 aromatic rings. The fourth-order valence-electron chi connectivity index (χ4n) is 3.94. The van der Waals surface area contributed by atoms with Crippen molar-refractivity contribution in [2.75, 3.05) is 18.4 Å². The van der Waals surface area contributed by atoms with Crippen LogP contribution in [-0.2, 0) is 6.54 Å². The first kappa shape index (κ1) is 18.3. The maximum Gasteiger partial charge on any atom is 0.229 e. The highest BCUT2D eigenvalue weighted by Gasteiger charge is 2.13. The number of H-pyrrole nitrogens is 1. The van der Waals surface area contributed by atoms with Crippen molar-refractivity contribution in [3.63, 3.8) is 0 Å². The summed E-state index contributed by atoms with van der Waals surface area (Å²) in [6, 6.07) is 12.9. The third-order valence-corrected chi connectivity index (χ3v) is 6.50. The molecule has 0 unspecified atom stereocenters. The van der Waals surface area contributed by atoms with E-state index in [1.54, 1.807) is 11.3 Å². The van der Waals surface area contributed by atoms with Crippen molar-refractivity contribution in [3.05, 3.63) is 59.1 Å². The largest absolute Gasteiger partial charge is 0.346 e. The highest BCUT2D eigenvalue weighted by Crippen LogP contribution is 2.32. The molecule has 5 rings (SSSR count). The van der Waals surface area contributed by atoms with Crippen molar-refractivity contribution in [1.29, 1.82) is 0 Å². The number of likely N-dealkylation sites (tertiary alicyclic amines) is 1. The summed E-state index contributed by atoms with van der Waals surface area (Å²) in [5.74, 6) is 0.616. The van der Waals surface area contributed by atoms with Gasteiger partial charge < -0.3 is 10.3 Å². The monoisotopic (exact) mass is 403 g/mol. The van der Waals surface area contributed by atoms with Crippen LogP contribution in [0.15, 0.2) is 48.0 Å². The summed E-state index contributed by atoms with van der Waals surface area (Å²) in [6.07, 6.45) is 5.94. The number of nitrogens with one attached hydrogen (secondary N) is 2. The van der Waals surface area contributed by atoms with Crippen LogP contribution in [0.5, 0.6) is 0 Å². The zero-order valence-corrected chi connectivity index (χ0v) is 17.4. The van der Waals surface area contributed by atoms with Gasteiger partial charge in [0.15, 0.2) is 0 Å². The Balaban J connectivity index is 1.37. The van der Waals surface area contributed by atoms with Gasteiger partial charge in [0.2, 0.25) is 5.95 Å². The molecule has 1 aliphatic heterocycles. The second-order valence-corrected chi connectivity index (χ2v) is 8.69. The molecule has 0 bridgehead atoms. The predicted octanol–water partition coefficient (Wildman–Crippen LogP) is 5.72. The molecule has 0 aliphatic carbocycles. The summed E-state index contributed by atoms with van der Waals surface area (Å²) >= 11 is 1.72. The number of nitrogens with zero attached hydrogens (tertiary/aromatic N) is 3. The van der Waals surface area contributed by atoms with Crippen molar-refractivity contribution in [2.45, 2.75) is 32.7 Å². The molecule has 1 fully saturated rings. The van der Waals surface area contributed by atoms with E-state index < -0.39 is 0 Å². The molecule has 5 nitrogen and oxygen atoms in total. The van der Waals surface area contributed by atoms with Gasteiger partial charge in [0, 0.05) is 23.8 Å². The third-order valence-electron chi connectivity index (χ3n) is 5.44. The maximum absolute atomic E-state index is 4.83. The minimum Gasteiger partial charge on any atom is -0.346 e. The van der Waals surface area contributed by atoms with E-state index in [1.165, 1.54) is 43.5 Å². The van der Waals surface area contributed by atoms with Crippen LogP contribution in [0.4, 0.5) is 11.6 Å². The lowest BCUT2D eigenvalue weighted by Gasteiger charge is -2.26. The molecule has 0 spiro atoms. The second kappa shape index (κ2) is 7.97. The summed E-state index contributed by atoms with van der Waals surface area (Å²) in [5, 5.41) is 6.59. The molecule has 6 heteroatoms. The van der Waals surface area contributed by atoms with Gasteiger partial charge in [-0.1, -0.05) is 18.6 Å². The Bertz CT molecular complexity index is 1110. The summed E-state index contributed by atoms with van der Waals surface area (Å²) < 4.78 is 0. The van der Waals surface area contributed by atoms with Crippen molar-refractivity contribution >= 4 is 34.0 Å². The molecule has 1 saturated heterocycles. The number of hydrogen-bond donors (Lipinski definition) is 2. The smallest absolute Gasteiger partial charge is 0.229 e. The van der Waals surface area contributed by atoms with E-state index in [-0.39, 0.29) is 0 Å². The molecule has 0 saturated carbocycles. The molecule has 1 aromatic carbocycles. The van der Waals surface area contributed by atoms with Crippen LogP contribution in [0.3, 0.4) is 0 Å². The lowest BCUT2D eigenvalue weighted by atomic mass is 10.1. The Morgan fingerprint density at radius 2 is 1.90 bits per heavy atom. The van der Waals surface area contributed by atoms with E-state index in [1.807, 2.05) is 12.3 Å². The van der Waals surface area contributed by atoms with Crippen LogP contribution in [0.1, 0.15) is 30.4 Å². The number of hydrogen-bond acceptors (Lipinski definition) is 5. The van der Waals surface area contributed by atoms with Crippen molar-refractivity contribution in [1.82, 2.24) is 19.9 Å². The fourth-order valence-corrected chi connectivity index (χ4v) is 4.84. The van der Waals surface area contributed by atoms with E-state index in [2.05, 4.69) is 62.8 Å². The van der Waals surface area contributed by atoms with Crippen LogP contribution in [0.25, 0.3) is 21.6 Å². The molecule has 29 heavy (non-hydrogen) atoms. The van der Waals surface area contributed by atoms with E-state index >= 15 is 0 Å². The van der Waals surface area contributed by atoms with Gasteiger partial charge in [0.25, 0.3) is 0 Å². The molecular formula is C23H25N5S. The van der Waals surface area contributed by atoms with Gasteiger partial charge in [-0.3, -0.25) is 4.90 Å². The van der Waals surface area contributed by atoms with Crippen LogP contribution in [-0.4, -0.2) is 32.9 Å². The number of piperidine rings is 1. The fraction of sp³-hybridized carbons (Fsp3) is 0.304. The molecule has 0 radical (unpaired) electrons. The molecule has 2 N–H and O–H groups in total. The highest BCUT2D eigenvalue weighted by atomic mass is 32.1. The Labute approximate surface area is 174 Å². The van der Waals surface area contributed by atoms with E-state index in [4.69, 9.17) is 4.98 Å². The summed E-state index contributed by atoms with van der Waals surface area (Å²) in [6.45, 7) is 5.58. The van der Waals surface area contributed by atoms with Gasteiger partial charge in [-0.05, 0) is 73.6 Å². The first-order valence-electron chi connectivity index (χ1n) is 10.2.